The predicted octanol–water partition coefficient (Wildman–Crippen LogP) is 1.96. The highest BCUT2D eigenvalue weighted by molar-refractivity contribution is 6.12. The van der Waals surface area contributed by atoms with E-state index in [0.29, 0.717) is 12.1 Å². The molecule has 1 aliphatic carbocycles. The molecule has 0 aromatic carbocycles. The summed E-state index contributed by atoms with van der Waals surface area (Å²) in [6.07, 6.45) is 6.88. The Labute approximate surface area is 168 Å². The summed E-state index contributed by atoms with van der Waals surface area (Å²) >= 11 is 0. The highest BCUT2D eigenvalue weighted by Crippen LogP contribution is 2.52. The molecule has 0 amide bonds. The number of esters is 1. The maximum Gasteiger partial charge on any atom is 0.341 e. The minimum absolute atomic E-state index is 0.0900. The first-order valence-corrected chi connectivity index (χ1v) is 10.3. The molecule has 2 aromatic rings. The Morgan fingerprint density at radius 1 is 1.14 bits per heavy atom. The van der Waals surface area contributed by atoms with Crippen molar-refractivity contribution in [3.8, 4) is 0 Å². The van der Waals surface area contributed by atoms with Crippen LogP contribution in [-0.2, 0) is 15.8 Å². The fraction of sp³-hybridized carbons (Fsp3) is 0.455. The molecular weight excluding hydrogens is 368 g/mol. The Kier molecular flexibility index (Phi) is 3.45. The van der Waals surface area contributed by atoms with Crippen LogP contribution in [0.5, 0.6) is 0 Å². The van der Waals surface area contributed by atoms with E-state index in [4.69, 9.17) is 4.74 Å². The lowest BCUT2D eigenvalue weighted by Crippen LogP contribution is -2.37. The number of hydrogen-bond acceptors (Lipinski definition) is 7. The topological polar surface area (TPSA) is 84.4 Å². The summed E-state index contributed by atoms with van der Waals surface area (Å²) < 4.78 is 5.76. The molecule has 5 heterocycles. The number of hydrogen-bond donors (Lipinski definition) is 1. The van der Waals surface area contributed by atoms with E-state index in [9.17, 15) is 9.59 Å². The van der Waals surface area contributed by atoms with Gasteiger partial charge < -0.3 is 15.0 Å². The number of nitrogens with one attached hydrogen (secondary N) is 1. The van der Waals surface area contributed by atoms with Crippen LogP contribution in [0.4, 0.5) is 5.82 Å². The summed E-state index contributed by atoms with van der Waals surface area (Å²) in [6.45, 7) is 3.44. The second-order valence-corrected chi connectivity index (χ2v) is 8.55. The van der Waals surface area contributed by atoms with Crippen LogP contribution in [0.15, 0.2) is 30.6 Å². The number of nitrogens with zero attached hydrogens (tertiary/aromatic N) is 3. The first-order chi connectivity index (χ1) is 14.1. The Balaban J connectivity index is 1.37. The molecule has 3 aliphatic heterocycles. The summed E-state index contributed by atoms with van der Waals surface area (Å²) in [6, 6.07) is 5.83. The zero-order valence-corrected chi connectivity index (χ0v) is 16.1. The molecule has 1 unspecified atom stereocenters. The molecule has 2 saturated heterocycles. The Morgan fingerprint density at radius 2 is 2.00 bits per heavy atom. The van der Waals surface area contributed by atoms with Gasteiger partial charge in [-0.2, -0.15) is 0 Å². The number of Topliss-reactive ketones (excluding diaryl/α,β-unsaturated/α-hetero) is 1. The van der Waals surface area contributed by atoms with Crippen LogP contribution in [0.2, 0.25) is 0 Å². The van der Waals surface area contributed by atoms with Crippen LogP contribution in [-0.4, -0.2) is 47.9 Å². The van der Waals surface area contributed by atoms with E-state index in [2.05, 4.69) is 20.2 Å². The van der Waals surface area contributed by atoms with E-state index in [1.54, 1.807) is 6.20 Å². The SMILES string of the molecule is O=C1OC2(CCNC2)c2ccnc(C(=O)C3(c4ccc(N5CCC5)nc4)CC3)c21. The molecule has 1 atom stereocenters. The molecule has 1 saturated carbocycles. The molecule has 3 fully saturated rings. The van der Waals surface area contributed by atoms with Crippen molar-refractivity contribution in [1.82, 2.24) is 15.3 Å². The van der Waals surface area contributed by atoms with Gasteiger partial charge in [0.25, 0.3) is 0 Å². The molecule has 0 bridgehead atoms. The van der Waals surface area contributed by atoms with E-state index < -0.39 is 17.0 Å². The Hall–Kier alpha value is -2.80. The molecule has 6 rings (SSSR count). The van der Waals surface area contributed by atoms with Gasteiger partial charge in [-0.1, -0.05) is 6.07 Å². The molecule has 7 heteroatoms. The van der Waals surface area contributed by atoms with Gasteiger partial charge in [0, 0.05) is 44.0 Å². The van der Waals surface area contributed by atoms with Crippen molar-refractivity contribution in [1.29, 1.82) is 0 Å². The largest absolute Gasteiger partial charge is 0.449 e. The lowest BCUT2D eigenvalue weighted by atomic mass is 9.86. The third kappa shape index (κ3) is 2.34. The molecule has 29 heavy (non-hydrogen) atoms. The van der Waals surface area contributed by atoms with Crippen molar-refractivity contribution >= 4 is 17.6 Å². The number of pyridine rings is 2. The minimum Gasteiger partial charge on any atom is -0.449 e. The average Bonchev–Trinajstić information content (AvgIpc) is 3.30. The fourth-order valence-electron chi connectivity index (χ4n) is 4.89. The molecule has 4 aliphatic rings. The van der Waals surface area contributed by atoms with Crippen LogP contribution < -0.4 is 10.2 Å². The maximum atomic E-state index is 13.6. The fourth-order valence-corrected chi connectivity index (χ4v) is 4.89. The molecular formula is C22H22N4O3. The highest BCUT2D eigenvalue weighted by atomic mass is 16.6. The van der Waals surface area contributed by atoms with Crippen molar-refractivity contribution in [3.63, 3.8) is 0 Å². The van der Waals surface area contributed by atoms with Gasteiger partial charge in [0.2, 0.25) is 0 Å². The molecule has 7 nitrogen and oxygen atoms in total. The summed E-state index contributed by atoms with van der Waals surface area (Å²) in [5.74, 6) is 0.441. The third-order valence-electron chi connectivity index (χ3n) is 6.93. The second-order valence-electron chi connectivity index (χ2n) is 8.55. The molecule has 2 aromatic heterocycles. The van der Waals surface area contributed by atoms with E-state index in [0.717, 1.165) is 55.8 Å². The third-order valence-corrected chi connectivity index (χ3v) is 6.93. The van der Waals surface area contributed by atoms with E-state index in [1.165, 1.54) is 6.42 Å². The van der Waals surface area contributed by atoms with Gasteiger partial charge in [-0.15, -0.1) is 0 Å². The van der Waals surface area contributed by atoms with Crippen molar-refractivity contribution in [2.24, 2.45) is 0 Å². The van der Waals surface area contributed by atoms with E-state index in [1.807, 2.05) is 24.4 Å². The number of carbonyl (C=O) groups excluding carboxylic acids is 2. The van der Waals surface area contributed by atoms with E-state index in [-0.39, 0.29) is 11.5 Å². The summed E-state index contributed by atoms with van der Waals surface area (Å²) in [7, 11) is 0. The van der Waals surface area contributed by atoms with Gasteiger partial charge in [-0.25, -0.2) is 9.78 Å². The number of carbonyl (C=O) groups is 2. The van der Waals surface area contributed by atoms with Crippen molar-refractivity contribution in [3.05, 3.63) is 53.0 Å². The Bertz CT molecular complexity index is 1020. The average molecular weight is 390 g/mol. The quantitative estimate of drug-likeness (QED) is 0.631. The van der Waals surface area contributed by atoms with Gasteiger partial charge in [-0.3, -0.25) is 9.78 Å². The summed E-state index contributed by atoms with van der Waals surface area (Å²) in [5, 5.41) is 3.26. The van der Waals surface area contributed by atoms with Crippen LogP contribution >= 0.6 is 0 Å². The van der Waals surface area contributed by atoms with Gasteiger partial charge in [0.05, 0.1) is 11.0 Å². The normalized spacial score (nSPS) is 26.2. The number of ketones is 1. The first kappa shape index (κ1) is 17.1. The Morgan fingerprint density at radius 3 is 2.62 bits per heavy atom. The first-order valence-electron chi connectivity index (χ1n) is 10.3. The number of rotatable bonds is 4. The molecule has 1 spiro atoms. The molecule has 1 N–H and O–H groups in total. The van der Waals surface area contributed by atoms with Crippen molar-refractivity contribution in [2.45, 2.75) is 36.7 Å². The van der Waals surface area contributed by atoms with Crippen LogP contribution in [0.3, 0.4) is 0 Å². The van der Waals surface area contributed by atoms with Crippen molar-refractivity contribution in [2.75, 3.05) is 31.1 Å². The number of ether oxygens (including phenoxy) is 1. The molecule has 0 radical (unpaired) electrons. The highest BCUT2D eigenvalue weighted by Gasteiger charge is 2.55. The van der Waals surface area contributed by atoms with Crippen molar-refractivity contribution < 1.29 is 14.3 Å². The summed E-state index contributed by atoms with van der Waals surface area (Å²) in [4.78, 5) is 37.5. The number of fused-ring (bicyclic) bond motifs is 2. The van der Waals surface area contributed by atoms with Gasteiger partial charge >= 0.3 is 5.97 Å². The lowest BCUT2D eigenvalue weighted by molar-refractivity contribution is 0.00158. The zero-order valence-electron chi connectivity index (χ0n) is 16.1. The van der Waals surface area contributed by atoms with Crippen LogP contribution in [0.25, 0.3) is 0 Å². The van der Waals surface area contributed by atoms with Crippen LogP contribution in [0.1, 0.15) is 57.7 Å². The maximum absolute atomic E-state index is 13.6. The van der Waals surface area contributed by atoms with Gasteiger partial charge in [-0.05, 0) is 43.5 Å². The minimum atomic E-state index is -0.651. The number of anilines is 1. The summed E-state index contributed by atoms with van der Waals surface area (Å²) in [5.41, 5.74) is 1.05. The molecule has 148 valence electrons. The zero-order chi connectivity index (χ0) is 19.6. The second kappa shape index (κ2) is 5.86. The smallest absolute Gasteiger partial charge is 0.341 e. The van der Waals surface area contributed by atoms with Gasteiger partial charge in [0.1, 0.15) is 11.5 Å². The lowest BCUT2D eigenvalue weighted by Gasteiger charge is -2.32. The van der Waals surface area contributed by atoms with Crippen LogP contribution in [0, 0.1) is 0 Å². The number of aromatic nitrogens is 2. The monoisotopic (exact) mass is 390 g/mol. The standard InChI is InChI=1S/C22H22N4O3/c27-19(21(5-6-21)14-2-3-16(25-12-14)26-10-1-11-26)18-17-15(4-8-24-18)22(29-20(17)28)7-9-23-13-22/h2-4,8,12,23H,1,5-7,9-11,13H2. The predicted molar refractivity (Wildman–Crippen MR) is 105 cm³/mol. The van der Waals surface area contributed by atoms with Gasteiger partial charge in [0.15, 0.2) is 11.4 Å². The van der Waals surface area contributed by atoms with E-state index >= 15 is 0 Å².